The summed E-state index contributed by atoms with van der Waals surface area (Å²) >= 11 is 0. The van der Waals surface area contributed by atoms with Crippen molar-refractivity contribution in [1.82, 2.24) is 4.90 Å². The number of carbonyl (C=O) groups is 1. The van der Waals surface area contributed by atoms with E-state index >= 15 is 0 Å². The van der Waals surface area contributed by atoms with Crippen molar-refractivity contribution < 1.29 is 18.7 Å². The van der Waals surface area contributed by atoms with Crippen LogP contribution < -0.4 is 9.47 Å². The van der Waals surface area contributed by atoms with Gasteiger partial charge in [-0.3, -0.25) is 4.79 Å². The molecule has 3 rings (SSSR count). The monoisotopic (exact) mass is 379 g/mol. The lowest BCUT2D eigenvalue weighted by Gasteiger charge is -2.18. The molecule has 1 amide bonds. The third-order valence-electron chi connectivity index (χ3n) is 4.31. The van der Waals surface area contributed by atoms with Gasteiger partial charge >= 0.3 is 0 Å². The Morgan fingerprint density at radius 1 is 0.964 bits per heavy atom. The molecule has 0 spiro atoms. The molecular formula is C23H22FNO3. The van der Waals surface area contributed by atoms with Gasteiger partial charge in [0.05, 0.1) is 7.11 Å². The molecule has 3 aromatic rings. The molecular weight excluding hydrogens is 357 g/mol. The van der Waals surface area contributed by atoms with E-state index in [2.05, 4.69) is 0 Å². The standard InChI is InChI=1S/C23H22FNO3/c1-25(15-18-11-12-22(27-2)21(24)13-18)23(26)19-9-6-10-20(14-19)28-16-17-7-4-3-5-8-17/h3-14H,15-16H2,1-2H3. The van der Waals surface area contributed by atoms with Gasteiger partial charge in [0, 0.05) is 19.2 Å². The maximum Gasteiger partial charge on any atom is 0.254 e. The Kier molecular flexibility index (Phi) is 6.27. The molecule has 0 saturated heterocycles. The van der Waals surface area contributed by atoms with Gasteiger partial charge in [0.2, 0.25) is 0 Å². The molecule has 0 aromatic heterocycles. The number of ether oxygens (including phenoxy) is 2. The fraction of sp³-hybridized carbons (Fsp3) is 0.174. The molecule has 0 radical (unpaired) electrons. The zero-order chi connectivity index (χ0) is 19.9. The van der Waals surface area contributed by atoms with Crippen LogP contribution in [0.3, 0.4) is 0 Å². The number of benzene rings is 3. The average Bonchev–Trinajstić information content (AvgIpc) is 2.73. The highest BCUT2D eigenvalue weighted by Gasteiger charge is 2.14. The number of hydrogen-bond donors (Lipinski definition) is 0. The number of nitrogens with zero attached hydrogens (tertiary/aromatic N) is 1. The van der Waals surface area contributed by atoms with Gasteiger partial charge in [0.15, 0.2) is 11.6 Å². The summed E-state index contributed by atoms with van der Waals surface area (Å²) in [5.74, 6) is 0.193. The fourth-order valence-electron chi connectivity index (χ4n) is 2.83. The molecule has 4 nitrogen and oxygen atoms in total. The summed E-state index contributed by atoms with van der Waals surface area (Å²) in [6.07, 6.45) is 0. The van der Waals surface area contributed by atoms with Crippen LogP contribution in [-0.4, -0.2) is 25.0 Å². The van der Waals surface area contributed by atoms with E-state index < -0.39 is 5.82 Å². The van der Waals surface area contributed by atoms with Gasteiger partial charge < -0.3 is 14.4 Å². The first-order valence-corrected chi connectivity index (χ1v) is 8.91. The molecule has 0 bridgehead atoms. The molecule has 0 unspecified atom stereocenters. The molecule has 144 valence electrons. The minimum atomic E-state index is -0.447. The van der Waals surface area contributed by atoms with E-state index in [0.29, 0.717) is 23.5 Å². The lowest BCUT2D eigenvalue weighted by Crippen LogP contribution is -2.26. The van der Waals surface area contributed by atoms with Crippen LogP contribution >= 0.6 is 0 Å². The van der Waals surface area contributed by atoms with Crippen molar-refractivity contribution in [1.29, 1.82) is 0 Å². The minimum absolute atomic E-state index is 0.165. The summed E-state index contributed by atoms with van der Waals surface area (Å²) in [7, 11) is 3.10. The zero-order valence-corrected chi connectivity index (χ0v) is 15.9. The van der Waals surface area contributed by atoms with Crippen molar-refractivity contribution in [3.05, 3.63) is 95.3 Å². The van der Waals surface area contributed by atoms with Gasteiger partial charge in [-0.05, 0) is 41.5 Å². The average molecular weight is 379 g/mol. The molecule has 0 atom stereocenters. The highest BCUT2D eigenvalue weighted by Crippen LogP contribution is 2.20. The Morgan fingerprint density at radius 2 is 1.75 bits per heavy atom. The molecule has 0 saturated carbocycles. The molecule has 0 aliphatic rings. The van der Waals surface area contributed by atoms with Gasteiger partial charge in [0.1, 0.15) is 12.4 Å². The number of amides is 1. The topological polar surface area (TPSA) is 38.8 Å². The minimum Gasteiger partial charge on any atom is -0.494 e. The van der Waals surface area contributed by atoms with Gasteiger partial charge in [-0.15, -0.1) is 0 Å². The van der Waals surface area contributed by atoms with Crippen LogP contribution in [0, 0.1) is 5.82 Å². The van der Waals surface area contributed by atoms with E-state index in [1.807, 2.05) is 36.4 Å². The van der Waals surface area contributed by atoms with E-state index in [1.165, 1.54) is 18.1 Å². The Bertz CT molecular complexity index is 944. The SMILES string of the molecule is COc1ccc(CN(C)C(=O)c2cccc(OCc3ccccc3)c2)cc1F. The van der Waals surface area contributed by atoms with E-state index in [-0.39, 0.29) is 18.2 Å². The third-order valence-corrected chi connectivity index (χ3v) is 4.31. The predicted molar refractivity (Wildman–Crippen MR) is 106 cm³/mol. The molecule has 0 heterocycles. The summed E-state index contributed by atoms with van der Waals surface area (Å²) in [4.78, 5) is 14.3. The van der Waals surface area contributed by atoms with Gasteiger partial charge in [-0.25, -0.2) is 4.39 Å². The molecule has 0 aliphatic carbocycles. The summed E-state index contributed by atoms with van der Waals surface area (Å²) in [6.45, 7) is 0.717. The Balaban J connectivity index is 1.65. The molecule has 0 N–H and O–H groups in total. The predicted octanol–water partition coefficient (Wildman–Crippen LogP) is 4.69. The molecule has 5 heteroatoms. The second-order valence-corrected chi connectivity index (χ2v) is 6.43. The van der Waals surface area contributed by atoms with E-state index in [4.69, 9.17) is 9.47 Å². The van der Waals surface area contributed by atoms with Crippen molar-refractivity contribution in [2.75, 3.05) is 14.2 Å². The third kappa shape index (κ3) is 4.88. The lowest BCUT2D eigenvalue weighted by molar-refractivity contribution is 0.0784. The Labute approximate surface area is 164 Å². The zero-order valence-electron chi connectivity index (χ0n) is 15.9. The van der Waals surface area contributed by atoms with Crippen LogP contribution in [0.5, 0.6) is 11.5 Å². The number of methoxy groups -OCH3 is 1. The van der Waals surface area contributed by atoms with Crippen molar-refractivity contribution in [2.24, 2.45) is 0 Å². The number of rotatable bonds is 7. The van der Waals surface area contributed by atoms with Gasteiger partial charge in [0.25, 0.3) is 5.91 Å². The first kappa shape index (κ1) is 19.4. The number of halogens is 1. The van der Waals surface area contributed by atoms with Crippen LogP contribution in [0.4, 0.5) is 4.39 Å². The van der Waals surface area contributed by atoms with Crippen molar-refractivity contribution >= 4 is 5.91 Å². The fourth-order valence-corrected chi connectivity index (χ4v) is 2.83. The van der Waals surface area contributed by atoms with Crippen LogP contribution in [-0.2, 0) is 13.2 Å². The Morgan fingerprint density at radius 3 is 2.46 bits per heavy atom. The smallest absolute Gasteiger partial charge is 0.254 e. The van der Waals surface area contributed by atoms with Crippen LogP contribution in [0.25, 0.3) is 0 Å². The summed E-state index contributed by atoms with van der Waals surface area (Å²) in [5.41, 5.74) is 2.26. The largest absolute Gasteiger partial charge is 0.494 e. The van der Waals surface area contributed by atoms with Crippen LogP contribution in [0.15, 0.2) is 72.8 Å². The lowest BCUT2D eigenvalue weighted by atomic mass is 10.1. The van der Waals surface area contributed by atoms with Gasteiger partial charge in [-0.1, -0.05) is 42.5 Å². The molecule has 28 heavy (non-hydrogen) atoms. The molecule has 0 fully saturated rings. The second kappa shape index (κ2) is 9.04. The highest BCUT2D eigenvalue weighted by atomic mass is 19.1. The highest BCUT2D eigenvalue weighted by molar-refractivity contribution is 5.94. The maximum atomic E-state index is 13.9. The van der Waals surface area contributed by atoms with E-state index in [0.717, 1.165) is 5.56 Å². The van der Waals surface area contributed by atoms with Crippen molar-refractivity contribution in [3.8, 4) is 11.5 Å². The van der Waals surface area contributed by atoms with Crippen molar-refractivity contribution in [2.45, 2.75) is 13.2 Å². The van der Waals surface area contributed by atoms with Crippen LogP contribution in [0.2, 0.25) is 0 Å². The summed E-state index contributed by atoms with van der Waals surface area (Å²) in [6, 6.07) is 21.6. The van der Waals surface area contributed by atoms with E-state index in [9.17, 15) is 9.18 Å². The first-order valence-electron chi connectivity index (χ1n) is 8.91. The normalized spacial score (nSPS) is 10.4. The maximum absolute atomic E-state index is 13.9. The molecule has 3 aromatic carbocycles. The summed E-state index contributed by atoms with van der Waals surface area (Å²) in [5, 5.41) is 0. The Hall–Kier alpha value is -3.34. The number of carbonyl (C=O) groups excluding carboxylic acids is 1. The first-order chi connectivity index (χ1) is 13.6. The number of hydrogen-bond acceptors (Lipinski definition) is 3. The van der Waals surface area contributed by atoms with E-state index in [1.54, 1.807) is 37.4 Å². The van der Waals surface area contributed by atoms with Crippen LogP contribution in [0.1, 0.15) is 21.5 Å². The molecule has 0 aliphatic heterocycles. The van der Waals surface area contributed by atoms with Crippen molar-refractivity contribution in [3.63, 3.8) is 0 Å². The quantitative estimate of drug-likeness (QED) is 0.598. The second-order valence-electron chi connectivity index (χ2n) is 6.43. The summed E-state index contributed by atoms with van der Waals surface area (Å²) < 4.78 is 24.6. The van der Waals surface area contributed by atoms with Gasteiger partial charge in [-0.2, -0.15) is 0 Å².